The lowest BCUT2D eigenvalue weighted by molar-refractivity contribution is -0.125. The van der Waals surface area contributed by atoms with Gasteiger partial charge in [-0.1, -0.05) is 12.1 Å². The minimum Gasteiger partial charge on any atom is -0.495 e. The fourth-order valence-corrected chi connectivity index (χ4v) is 5.38. The van der Waals surface area contributed by atoms with Crippen molar-refractivity contribution in [3.63, 3.8) is 0 Å². The van der Waals surface area contributed by atoms with Crippen molar-refractivity contribution >= 4 is 44.7 Å². The van der Waals surface area contributed by atoms with Crippen LogP contribution in [0.5, 0.6) is 17.2 Å². The van der Waals surface area contributed by atoms with E-state index in [2.05, 4.69) is 21.5 Å². The van der Waals surface area contributed by atoms with Crippen LogP contribution in [0.25, 0.3) is 20.8 Å². The number of pyridine rings is 1. The number of halogens is 1. The second kappa shape index (κ2) is 11.1. The SMILES string of the molecule is CCn1cc(-c2cc3nccc(Oc4ccc(N(C(=O)CC(N)=O)c5ccccc5OC)cc4F)c3s2)nc1C. The summed E-state index contributed by atoms with van der Waals surface area (Å²) in [6.07, 6.45) is 3.03. The number of fused-ring (bicyclic) bond motifs is 1. The van der Waals surface area contributed by atoms with E-state index < -0.39 is 24.1 Å². The van der Waals surface area contributed by atoms with E-state index in [9.17, 15) is 9.59 Å². The fraction of sp³-hybridized carbons (Fsp3) is 0.172. The third-order valence-corrected chi connectivity index (χ3v) is 7.40. The van der Waals surface area contributed by atoms with Crippen molar-refractivity contribution in [2.24, 2.45) is 5.73 Å². The van der Waals surface area contributed by atoms with Crippen molar-refractivity contribution in [1.29, 1.82) is 0 Å². The number of methoxy groups -OCH3 is 1. The minimum atomic E-state index is -0.807. The zero-order valence-corrected chi connectivity index (χ0v) is 22.9. The second-order valence-electron chi connectivity index (χ2n) is 8.85. The van der Waals surface area contributed by atoms with Crippen LogP contribution in [0.2, 0.25) is 0 Å². The summed E-state index contributed by atoms with van der Waals surface area (Å²) in [6.45, 7) is 4.82. The number of aryl methyl sites for hydroxylation is 2. The number of hydrogen-bond acceptors (Lipinski definition) is 7. The number of para-hydroxylation sites is 2. The first-order chi connectivity index (χ1) is 19.3. The monoisotopic (exact) mass is 559 g/mol. The van der Waals surface area contributed by atoms with E-state index in [0.717, 1.165) is 27.6 Å². The van der Waals surface area contributed by atoms with Crippen LogP contribution in [0.4, 0.5) is 15.8 Å². The van der Waals surface area contributed by atoms with E-state index in [-0.39, 0.29) is 11.4 Å². The normalized spacial score (nSPS) is 11.0. The molecule has 204 valence electrons. The molecule has 40 heavy (non-hydrogen) atoms. The molecule has 0 fully saturated rings. The van der Waals surface area contributed by atoms with Crippen molar-refractivity contribution in [1.82, 2.24) is 14.5 Å². The standard InChI is InChI=1S/C29H26FN5O4S/c1-4-34-16-21(33-17(34)2)26-14-20-29(40-26)25(11-12-32-20)39-23-10-9-18(13-19(23)30)35(28(37)15-27(31)36)22-7-5-6-8-24(22)38-3/h5-14,16H,4,15H2,1-3H3,(H2,31,36). The van der Waals surface area contributed by atoms with Crippen LogP contribution in [-0.2, 0) is 16.1 Å². The number of ether oxygens (including phenoxy) is 2. The van der Waals surface area contributed by atoms with Crippen molar-refractivity contribution in [3.8, 4) is 27.8 Å². The molecule has 0 aliphatic rings. The Kier molecular flexibility index (Phi) is 7.47. The summed E-state index contributed by atoms with van der Waals surface area (Å²) in [5.41, 5.74) is 7.34. The molecule has 0 aliphatic heterocycles. The average molecular weight is 560 g/mol. The van der Waals surface area contributed by atoms with E-state index in [1.54, 1.807) is 36.5 Å². The summed E-state index contributed by atoms with van der Waals surface area (Å²) in [5.74, 6) is -0.466. The summed E-state index contributed by atoms with van der Waals surface area (Å²) in [6, 6.07) is 14.5. The first-order valence-electron chi connectivity index (χ1n) is 12.4. The van der Waals surface area contributed by atoms with Gasteiger partial charge in [0, 0.05) is 31.1 Å². The molecule has 2 aromatic carbocycles. The van der Waals surface area contributed by atoms with Gasteiger partial charge < -0.3 is 19.8 Å². The zero-order valence-electron chi connectivity index (χ0n) is 22.1. The van der Waals surface area contributed by atoms with E-state index in [4.69, 9.17) is 15.2 Å². The van der Waals surface area contributed by atoms with Gasteiger partial charge in [-0.15, -0.1) is 11.3 Å². The Labute approximate surface area is 233 Å². The molecule has 0 saturated carbocycles. The molecule has 5 aromatic rings. The molecule has 3 aromatic heterocycles. The Morgan fingerprint density at radius 1 is 1.10 bits per heavy atom. The number of carbonyl (C=O) groups excluding carboxylic acids is 2. The molecule has 0 atom stereocenters. The maximum Gasteiger partial charge on any atom is 0.241 e. The van der Waals surface area contributed by atoms with Crippen LogP contribution in [0, 0.1) is 12.7 Å². The summed E-state index contributed by atoms with van der Waals surface area (Å²) in [5, 5.41) is 0. The topological polar surface area (TPSA) is 113 Å². The number of thiophene rings is 1. The summed E-state index contributed by atoms with van der Waals surface area (Å²) < 4.78 is 29.7. The highest BCUT2D eigenvalue weighted by Crippen LogP contribution is 2.41. The van der Waals surface area contributed by atoms with Crippen molar-refractivity contribution in [2.45, 2.75) is 26.8 Å². The van der Waals surface area contributed by atoms with E-state index >= 15 is 4.39 Å². The summed E-state index contributed by atoms with van der Waals surface area (Å²) in [4.78, 5) is 35.8. The molecule has 0 saturated heterocycles. The number of benzene rings is 2. The maximum absolute atomic E-state index is 15.5. The van der Waals surface area contributed by atoms with Gasteiger partial charge in [-0.2, -0.15) is 0 Å². The molecule has 2 amide bonds. The third kappa shape index (κ3) is 5.23. The average Bonchev–Trinajstić information content (AvgIpc) is 3.54. The number of carbonyl (C=O) groups is 2. The minimum absolute atomic E-state index is 0.0420. The van der Waals surface area contributed by atoms with Gasteiger partial charge in [-0.3, -0.25) is 19.5 Å². The molecule has 0 unspecified atom stereocenters. The van der Waals surface area contributed by atoms with Crippen LogP contribution in [0.1, 0.15) is 19.2 Å². The summed E-state index contributed by atoms with van der Waals surface area (Å²) in [7, 11) is 1.45. The molecule has 3 heterocycles. The van der Waals surface area contributed by atoms with Crippen molar-refractivity contribution < 1.29 is 23.5 Å². The lowest BCUT2D eigenvalue weighted by Crippen LogP contribution is -2.30. The van der Waals surface area contributed by atoms with Gasteiger partial charge in [-0.05, 0) is 44.2 Å². The van der Waals surface area contributed by atoms with Crippen molar-refractivity contribution in [3.05, 3.63) is 78.6 Å². The van der Waals surface area contributed by atoms with Gasteiger partial charge >= 0.3 is 0 Å². The molecular weight excluding hydrogens is 533 g/mol. The highest BCUT2D eigenvalue weighted by Gasteiger charge is 2.24. The van der Waals surface area contributed by atoms with Gasteiger partial charge in [0.2, 0.25) is 11.8 Å². The smallest absolute Gasteiger partial charge is 0.241 e. The molecule has 9 nitrogen and oxygen atoms in total. The Morgan fingerprint density at radius 2 is 1.90 bits per heavy atom. The predicted octanol–water partition coefficient (Wildman–Crippen LogP) is 5.97. The Morgan fingerprint density at radius 3 is 2.60 bits per heavy atom. The molecule has 0 bridgehead atoms. The van der Waals surface area contributed by atoms with Crippen LogP contribution in [-0.4, -0.2) is 33.5 Å². The highest BCUT2D eigenvalue weighted by molar-refractivity contribution is 7.22. The summed E-state index contributed by atoms with van der Waals surface area (Å²) >= 11 is 1.46. The van der Waals surface area contributed by atoms with Gasteiger partial charge in [0.15, 0.2) is 11.6 Å². The number of hydrogen-bond donors (Lipinski definition) is 1. The Bertz CT molecular complexity index is 1730. The van der Waals surface area contributed by atoms with Crippen LogP contribution < -0.4 is 20.1 Å². The fourth-order valence-electron chi connectivity index (χ4n) is 4.36. The quantitative estimate of drug-likeness (QED) is 0.223. The number of nitrogens with zero attached hydrogens (tertiary/aromatic N) is 4. The van der Waals surface area contributed by atoms with Gasteiger partial charge in [-0.25, -0.2) is 9.37 Å². The van der Waals surface area contributed by atoms with Crippen LogP contribution in [0.15, 0.2) is 67.0 Å². The number of anilines is 2. The van der Waals surface area contributed by atoms with E-state index in [1.165, 1.54) is 41.5 Å². The predicted molar refractivity (Wildman–Crippen MR) is 152 cm³/mol. The lowest BCUT2D eigenvalue weighted by atomic mass is 10.2. The number of aromatic nitrogens is 3. The number of imidazole rings is 1. The lowest BCUT2D eigenvalue weighted by Gasteiger charge is -2.24. The zero-order chi connectivity index (χ0) is 28.4. The molecular formula is C29H26FN5O4S. The van der Waals surface area contributed by atoms with E-state index in [0.29, 0.717) is 22.7 Å². The first kappa shape index (κ1) is 26.8. The Hall–Kier alpha value is -4.77. The van der Waals surface area contributed by atoms with Gasteiger partial charge in [0.05, 0.1) is 39.3 Å². The molecule has 0 radical (unpaired) electrons. The number of rotatable bonds is 9. The number of primary amides is 1. The van der Waals surface area contributed by atoms with Gasteiger partial charge in [0.25, 0.3) is 0 Å². The molecule has 11 heteroatoms. The van der Waals surface area contributed by atoms with Crippen LogP contribution in [0.3, 0.4) is 0 Å². The van der Waals surface area contributed by atoms with Crippen molar-refractivity contribution in [2.75, 3.05) is 12.0 Å². The number of amides is 2. The largest absolute Gasteiger partial charge is 0.495 e. The molecule has 5 rings (SSSR count). The maximum atomic E-state index is 15.5. The van der Waals surface area contributed by atoms with Crippen LogP contribution >= 0.6 is 11.3 Å². The molecule has 0 spiro atoms. The van der Waals surface area contributed by atoms with E-state index in [1.807, 2.05) is 19.2 Å². The highest BCUT2D eigenvalue weighted by atomic mass is 32.1. The number of nitrogens with two attached hydrogens (primary N) is 1. The third-order valence-electron chi connectivity index (χ3n) is 6.24. The van der Waals surface area contributed by atoms with Gasteiger partial charge in [0.1, 0.15) is 23.7 Å². The second-order valence-corrected chi connectivity index (χ2v) is 9.91. The Balaban J connectivity index is 1.49. The molecule has 2 N–H and O–H groups in total. The first-order valence-corrected chi connectivity index (χ1v) is 13.2. The molecule has 0 aliphatic carbocycles.